The number of hydrogen-bond donors (Lipinski definition) is 0. The molecule has 0 N–H and O–H groups in total. The third-order valence-corrected chi connectivity index (χ3v) is 2.04. The van der Waals surface area contributed by atoms with Crippen LogP contribution in [0.25, 0.3) is 11.0 Å². The van der Waals surface area contributed by atoms with Gasteiger partial charge >= 0.3 is 0 Å². The summed E-state index contributed by atoms with van der Waals surface area (Å²) in [5.74, 6) is 0. The monoisotopic (exact) mass is 208 g/mol. The number of aromatic nitrogens is 2. The van der Waals surface area contributed by atoms with Crippen molar-refractivity contribution in [3.63, 3.8) is 0 Å². The number of benzene rings is 2. The fourth-order valence-electron chi connectivity index (χ4n) is 1.29. The molecule has 0 aliphatic rings. The van der Waals surface area contributed by atoms with E-state index in [2.05, 4.69) is 9.97 Å². The molecule has 0 amide bonds. The lowest BCUT2D eigenvalue weighted by Gasteiger charge is -1.90. The van der Waals surface area contributed by atoms with E-state index in [0.717, 1.165) is 11.0 Å². The van der Waals surface area contributed by atoms with Crippen LogP contribution in [0, 0.1) is 0 Å². The number of hydrogen-bond acceptors (Lipinski definition) is 2. The number of nitrogens with zero attached hydrogens (tertiary/aromatic N) is 2. The molecule has 0 bridgehead atoms. The third-order valence-electron chi connectivity index (χ3n) is 2.04. The molecule has 0 spiro atoms. The molecule has 0 fully saturated rings. The van der Waals surface area contributed by atoms with Crippen molar-refractivity contribution in [3.8, 4) is 0 Å². The van der Waals surface area contributed by atoms with Gasteiger partial charge in [-0.05, 0) is 12.1 Å². The fourth-order valence-corrected chi connectivity index (χ4v) is 1.29. The first-order chi connectivity index (χ1) is 7.97. The minimum absolute atomic E-state index is 0.949. The molecule has 2 nitrogen and oxygen atoms in total. The van der Waals surface area contributed by atoms with Crippen LogP contribution in [-0.2, 0) is 0 Å². The molecule has 1 heterocycles. The standard InChI is InChI=1S/C8H6N2.C6H6/c1-2-4-8-7(3-1)9-5-6-10-8;1-2-4-6-5-3-1/h1-6H;1-6H. The smallest absolute Gasteiger partial charge is 0.0886 e. The van der Waals surface area contributed by atoms with Gasteiger partial charge in [-0.15, -0.1) is 0 Å². The van der Waals surface area contributed by atoms with E-state index in [1.54, 1.807) is 12.4 Å². The van der Waals surface area contributed by atoms with Gasteiger partial charge < -0.3 is 0 Å². The second kappa shape index (κ2) is 5.61. The summed E-state index contributed by atoms with van der Waals surface area (Å²) < 4.78 is 0. The highest BCUT2D eigenvalue weighted by Gasteiger charge is 1.88. The van der Waals surface area contributed by atoms with Crippen LogP contribution in [0.15, 0.2) is 73.1 Å². The average molecular weight is 208 g/mol. The van der Waals surface area contributed by atoms with Crippen LogP contribution in [0.2, 0.25) is 0 Å². The summed E-state index contributed by atoms with van der Waals surface area (Å²) in [6, 6.07) is 19.8. The SMILES string of the molecule is c1ccc2nccnc2c1.c1ccccc1. The van der Waals surface area contributed by atoms with Crippen molar-refractivity contribution in [3.05, 3.63) is 73.1 Å². The fraction of sp³-hybridized carbons (Fsp3) is 0. The lowest BCUT2D eigenvalue weighted by Crippen LogP contribution is -1.78. The number of para-hydroxylation sites is 2. The van der Waals surface area contributed by atoms with Crippen LogP contribution >= 0.6 is 0 Å². The van der Waals surface area contributed by atoms with Crippen molar-refractivity contribution in [2.75, 3.05) is 0 Å². The maximum Gasteiger partial charge on any atom is 0.0886 e. The predicted molar refractivity (Wildman–Crippen MR) is 66.0 cm³/mol. The van der Waals surface area contributed by atoms with Crippen molar-refractivity contribution in [2.24, 2.45) is 0 Å². The summed E-state index contributed by atoms with van der Waals surface area (Å²) >= 11 is 0. The Balaban J connectivity index is 0.000000138. The van der Waals surface area contributed by atoms with Crippen LogP contribution in [0.4, 0.5) is 0 Å². The molecule has 3 aromatic rings. The van der Waals surface area contributed by atoms with Crippen molar-refractivity contribution >= 4 is 11.0 Å². The maximum absolute atomic E-state index is 4.12. The molecule has 0 aliphatic heterocycles. The summed E-state index contributed by atoms with van der Waals surface area (Å²) in [6.07, 6.45) is 3.39. The van der Waals surface area contributed by atoms with Gasteiger partial charge in [-0.3, -0.25) is 9.97 Å². The first-order valence-corrected chi connectivity index (χ1v) is 5.12. The Kier molecular flexibility index (Phi) is 3.61. The molecule has 0 saturated heterocycles. The normalized spacial score (nSPS) is 9.25. The molecule has 0 atom stereocenters. The molecule has 0 radical (unpaired) electrons. The third kappa shape index (κ3) is 2.89. The van der Waals surface area contributed by atoms with Gasteiger partial charge in [0.25, 0.3) is 0 Å². The van der Waals surface area contributed by atoms with Crippen molar-refractivity contribution < 1.29 is 0 Å². The Morgan fingerprint density at radius 2 is 0.875 bits per heavy atom. The zero-order chi connectivity index (χ0) is 11.1. The van der Waals surface area contributed by atoms with E-state index in [9.17, 15) is 0 Å². The Morgan fingerprint density at radius 3 is 1.25 bits per heavy atom. The van der Waals surface area contributed by atoms with Gasteiger partial charge in [0.2, 0.25) is 0 Å². The molecule has 0 saturated carbocycles. The molecule has 78 valence electrons. The Bertz CT molecular complexity index is 443. The molecule has 2 aromatic carbocycles. The molecular weight excluding hydrogens is 196 g/mol. The number of fused-ring (bicyclic) bond motifs is 1. The van der Waals surface area contributed by atoms with Crippen LogP contribution in [0.3, 0.4) is 0 Å². The van der Waals surface area contributed by atoms with Gasteiger partial charge in [-0.2, -0.15) is 0 Å². The number of rotatable bonds is 0. The lowest BCUT2D eigenvalue weighted by molar-refractivity contribution is 1.29. The van der Waals surface area contributed by atoms with E-state index >= 15 is 0 Å². The van der Waals surface area contributed by atoms with E-state index in [1.807, 2.05) is 60.7 Å². The van der Waals surface area contributed by atoms with E-state index < -0.39 is 0 Å². The van der Waals surface area contributed by atoms with E-state index in [4.69, 9.17) is 0 Å². The summed E-state index contributed by atoms with van der Waals surface area (Å²) in [6.45, 7) is 0. The molecule has 16 heavy (non-hydrogen) atoms. The second-order valence-electron chi connectivity index (χ2n) is 3.20. The predicted octanol–water partition coefficient (Wildman–Crippen LogP) is 3.32. The minimum atomic E-state index is 0.949. The highest BCUT2D eigenvalue weighted by Crippen LogP contribution is 2.04. The molecular formula is C14H12N2. The van der Waals surface area contributed by atoms with Gasteiger partial charge in [0.1, 0.15) is 0 Å². The zero-order valence-corrected chi connectivity index (χ0v) is 8.82. The topological polar surface area (TPSA) is 25.8 Å². The highest BCUT2D eigenvalue weighted by atomic mass is 14.8. The molecule has 0 aliphatic carbocycles. The van der Waals surface area contributed by atoms with E-state index in [0.29, 0.717) is 0 Å². The average Bonchev–Trinajstić information content (AvgIpc) is 2.42. The van der Waals surface area contributed by atoms with E-state index in [-0.39, 0.29) is 0 Å². The molecule has 2 heteroatoms. The van der Waals surface area contributed by atoms with Gasteiger partial charge in [0.15, 0.2) is 0 Å². The Morgan fingerprint density at radius 1 is 0.500 bits per heavy atom. The van der Waals surface area contributed by atoms with Gasteiger partial charge in [0.05, 0.1) is 11.0 Å². The summed E-state index contributed by atoms with van der Waals surface area (Å²) in [4.78, 5) is 8.24. The summed E-state index contributed by atoms with van der Waals surface area (Å²) in [7, 11) is 0. The van der Waals surface area contributed by atoms with Crippen LogP contribution < -0.4 is 0 Å². The van der Waals surface area contributed by atoms with Gasteiger partial charge in [-0.1, -0.05) is 48.5 Å². The first kappa shape index (κ1) is 10.3. The molecule has 1 aromatic heterocycles. The first-order valence-electron chi connectivity index (χ1n) is 5.12. The van der Waals surface area contributed by atoms with Crippen LogP contribution in [-0.4, -0.2) is 9.97 Å². The Hall–Kier alpha value is -2.22. The quantitative estimate of drug-likeness (QED) is 0.566. The minimum Gasteiger partial charge on any atom is -0.253 e. The lowest BCUT2D eigenvalue weighted by atomic mass is 10.3. The molecule has 0 unspecified atom stereocenters. The highest BCUT2D eigenvalue weighted by molar-refractivity contribution is 5.72. The van der Waals surface area contributed by atoms with Crippen LogP contribution in [0.1, 0.15) is 0 Å². The summed E-state index contributed by atoms with van der Waals surface area (Å²) in [5.41, 5.74) is 1.90. The second-order valence-corrected chi connectivity index (χ2v) is 3.20. The maximum atomic E-state index is 4.12. The summed E-state index contributed by atoms with van der Waals surface area (Å²) in [5, 5.41) is 0. The van der Waals surface area contributed by atoms with Gasteiger partial charge in [-0.25, -0.2) is 0 Å². The van der Waals surface area contributed by atoms with E-state index in [1.165, 1.54) is 0 Å². The van der Waals surface area contributed by atoms with Crippen molar-refractivity contribution in [1.29, 1.82) is 0 Å². The zero-order valence-electron chi connectivity index (χ0n) is 8.82. The largest absolute Gasteiger partial charge is 0.253 e. The van der Waals surface area contributed by atoms with Crippen molar-refractivity contribution in [1.82, 2.24) is 9.97 Å². The van der Waals surface area contributed by atoms with Crippen molar-refractivity contribution in [2.45, 2.75) is 0 Å². The molecule has 3 rings (SSSR count). The van der Waals surface area contributed by atoms with Gasteiger partial charge in [0, 0.05) is 12.4 Å². The van der Waals surface area contributed by atoms with Crippen LogP contribution in [0.5, 0.6) is 0 Å². The Labute approximate surface area is 94.6 Å².